The Morgan fingerprint density at radius 3 is 1.25 bits per heavy atom. The van der Waals surface area contributed by atoms with Gasteiger partial charge in [-0.25, -0.2) is 0 Å². The smallest absolute Gasteiger partial charge is 1.00 e. The summed E-state index contributed by atoms with van der Waals surface area (Å²) in [5, 5.41) is 0. The molecule has 0 aromatic carbocycles. The van der Waals surface area contributed by atoms with Gasteiger partial charge in [0, 0.05) is 96.8 Å². The summed E-state index contributed by atoms with van der Waals surface area (Å²) in [5.41, 5.74) is 0. The van der Waals surface area contributed by atoms with Crippen LogP contribution in [0.1, 0.15) is 2.85 Å². The first-order chi connectivity index (χ1) is 0. The molecule has 0 unspecified atom stereocenters. The maximum absolute atomic E-state index is 0. The zero-order valence-electron chi connectivity index (χ0n) is 4.23. The fraction of sp³-hybridized carbons (Fsp3) is 0. The monoisotopic (exact) mass is 412 g/mol. The van der Waals surface area contributed by atoms with Crippen molar-refractivity contribution >= 4 is 45.5 Å². The predicted molar refractivity (Wildman–Crippen MR) is 7.98 cm³/mol. The van der Waals surface area contributed by atoms with Crippen LogP contribution >= 0.6 is 0 Å². The van der Waals surface area contributed by atoms with E-state index in [-0.39, 0.29) is 145 Å². The van der Waals surface area contributed by atoms with Crippen LogP contribution in [0.5, 0.6) is 0 Å². The Bertz CT molecular complexity index is 13.5. The number of hydrogen-bond acceptors (Lipinski definition) is 0. The molecule has 0 saturated heterocycles. The molecule has 0 nitrogen and oxygen atoms in total. The third kappa shape index (κ3) is 9.86. The van der Waals surface area contributed by atoms with E-state index in [0.717, 1.165) is 0 Å². The van der Waals surface area contributed by atoms with E-state index in [2.05, 4.69) is 0 Å². The number of hydrogen-bond donors (Lipinski definition) is 0. The van der Waals surface area contributed by atoms with Crippen molar-refractivity contribution in [1.82, 2.24) is 0 Å². The van der Waals surface area contributed by atoms with Crippen molar-refractivity contribution in [2.75, 3.05) is 0 Å². The van der Waals surface area contributed by atoms with Crippen LogP contribution in [-0.4, -0.2) is 45.5 Å². The molecule has 0 rings (SSSR count). The van der Waals surface area contributed by atoms with E-state index in [4.69, 9.17) is 0 Å². The van der Waals surface area contributed by atoms with Crippen LogP contribution in [0.25, 0.3) is 0 Å². The third-order valence-electron chi connectivity index (χ3n) is 0. The van der Waals surface area contributed by atoms with E-state index in [1.807, 2.05) is 0 Å². The molecule has 4 heavy (non-hydrogen) atoms. The van der Waals surface area contributed by atoms with Crippen LogP contribution in [0, 0.1) is 41.7 Å². The molecule has 0 fully saturated rings. The predicted octanol–water partition coefficient (Wildman–Crippen LogP) is -0.161. The van der Waals surface area contributed by atoms with Gasteiger partial charge in [0.05, 0.1) is 0 Å². The minimum Gasteiger partial charge on any atom is -1.00 e. The minimum absolute atomic E-state index is 0. The van der Waals surface area contributed by atoms with Gasteiger partial charge in [0.25, 0.3) is 0 Å². The van der Waals surface area contributed by atoms with Crippen molar-refractivity contribution in [3.8, 4) is 0 Å². The molecule has 0 aliphatic carbocycles. The van der Waals surface area contributed by atoms with E-state index in [0.29, 0.717) is 0 Å². The Kier molecular flexibility index (Phi) is 91.3. The van der Waals surface area contributed by atoms with Gasteiger partial charge in [-0.15, -0.1) is 0 Å². The van der Waals surface area contributed by atoms with Gasteiger partial charge >= 0.3 is 45.5 Å². The molecule has 0 saturated carbocycles. The average Bonchev–Trinajstić information content (AvgIpc) is 0. The second-order valence-electron chi connectivity index (χ2n) is 0. The summed E-state index contributed by atoms with van der Waals surface area (Å²) in [4.78, 5) is 0. The van der Waals surface area contributed by atoms with Gasteiger partial charge in [-0.3, -0.25) is 0 Å². The summed E-state index contributed by atoms with van der Waals surface area (Å²) in [5.74, 6) is 0. The first-order valence-corrected chi connectivity index (χ1v) is 0. The van der Waals surface area contributed by atoms with Gasteiger partial charge < -0.3 is 2.85 Å². The molecule has 16 valence electrons. The summed E-state index contributed by atoms with van der Waals surface area (Å²) < 4.78 is 0. The van der Waals surface area contributed by atoms with Crippen LogP contribution in [0.15, 0.2) is 0 Å². The quantitative estimate of drug-likeness (QED) is 0.486. The van der Waals surface area contributed by atoms with Gasteiger partial charge in [-0.05, 0) is 0 Å². The third-order valence-corrected chi connectivity index (χ3v) is 0. The molecule has 0 aliphatic rings. The molecular formula is H2CeNbSrY. The molecule has 0 aliphatic heterocycles. The van der Waals surface area contributed by atoms with Crippen molar-refractivity contribution < 1.29 is 99.7 Å². The molecular weight excluding hydrogens is 410 g/mol. The maximum atomic E-state index is 0. The first kappa shape index (κ1) is 23.3. The van der Waals surface area contributed by atoms with Crippen LogP contribution in [-0.2, 0) is 55.1 Å². The first-order valence-electron chi connectivity index (χ1n) is 0. The summed E-state index contributed by atoms with van der Waals surface area (Å²) in [6, 6.07) is 0. The average molecular weight is 412 g/mol. The fourth-order valence-corrected chi connectivity index (χ4v) is 0. The standard InChI is InChI=1S/Ce.Nb.Sr.Y.2H/q;;+2;;2*-1. The van der Waals surface area contributed by atoms with Crippen molar-refractivity contribution in [3.63, 3.8) is 0 Å². The van der Waals surface area contributed by atoms with Crippen LogP contribution in [0.2, 0.25) is 0 Å². The topological polar surface area (TPSA) is 0 Å². The SMILES string of the molecule is [Ce].[H-].[H-].[Nb].[Sr+2].[Y]. The largest absolute Gasteiger partial charge is 2.00 e. The van der Waals surface area contributed by atoms with Crippen molar-refractivity contribution in [2.45, 2.75) is 0 Å². The Morgan fingerprint density at radius 2 is 1.25 bits per heavy atom. The van der Waals surface area contributed by atoms with Gasteiger partial charge in [0.15, 0.2) is 0 Å². The molecule has 2 radical (unpaired) electrons. The van der Waals surface area contributed by atoms with E-state index >= 15 is 0 Å². The fourth-order valence-electron chi connectivity index (χ4n) is 0. The van der Waals surface area contributed by atoms with Gasteiger partial charge in [-0.1, -0.05) is 0 Å². The van der Waals surface area contributed by atoms with Gasteiger partial charge in [0.2, 0.25) is 0 Å². The van der Waals surface area contributed by atoms with Gasteiger partial charge in [-0.2, -0.15) is 0 Å². The molecule has 0 N–H and O–H groups in total. The van der Waals surface area contributed by atoms with E-state index in [1.54, 1.807) is 0 Å². The zero-order chi connectivity index (χ0) is 0. The van der Waals surface area contributed by atoms with E-state index in [1.165, 1.54) is 0 Å². The molecule has 0 aromatic heterocycles. The molecule has 0 amide bonds. The molecule has 0 spiro atoms. The maximum Gasteiger partial charge on any atom is 2.00 e. The Hall–Kier alpha value is 4.70. The van der Waals surface area contributed by atoms with Crippen LogP contribution in [0.3, 0.4) is 0 Å². The second-order valence-corrected chi connectivity index (χ2v) is 0. The second kappa shape index (κ2) is 15.6. The van der Waals surface area contributed by atoms with E-state index in [9.17, 15) is 0 Å². The van der Waals surface area contributed by atoms with Crippen molar-refractivity contribution in [3.05, 3.63) is 0 Å². The normalized spacial score (nSPS) is 0. The van der Waals surface area contributed by atoms with Crippen molar-refractivity contribution in [2.24, 2.45) is 0 Å². The molecule has 0 atom stereocenters. The summed E-state index contributed by atoms with van der Waals surface area (Å²) >= 11 is 0. The van der Waals surface area contributed by atoms with Gasteiger partial charge in [0.1, 0.15) is 0 Å². The Labute approximate surface area is 141 Å². The Morgan fingerprint density at radius 1 is 1.25 bits per heavy atom. The summed E-state index contributed by atoms with van der Waals surface area (Å²) in [6.45, 7) is 0. The van der Waals surface area contributed by atoms with Crippen LogP contribution < -0.4 is 0 Å². The molecule has 4 heteroatoms. The summed E-state index contributed by atoms with van der Waals surface area (Å²) in [6.07, 6.45) is 0. The minimum atomic E-state index is 0. The number of rotatable bonds is 0. The van der Waals surface area contributed by atoms with Crippen molar-refractivity contribution in [1.29, 1.82) is 0 Å². The molecule has 0 aromatic rings. The molecule has 0 bridgehead atoms. The Balaban J connectivity index is 0. The van der Waals surface area contributed by atoms with E-state index < -0.39 is 0 Å². The zero-order valence-corrected chi connectivity index (χ0v) is 13.9. The molecule has 0 heterocycles. The summed E-state index contributed by atoms with van der Waals surface area (Å²) in [7, 11) is 0. The van der Waals surface area contributed by atoms with Crippen LogP contribution in [0.4, 0.5) is 0 Å².